The van der Waals surface area contributed by atoms with Crippen LogP contribution in [-0.4, -0.2) is 24.5 Å². The highest BCUT2D eigenvalue weighted by Crippen LogP contribution is 2.23. The van der Waals surface area contributed by atoms with Crippen LogP contribution in [-0.2, 0) is 13.0 Å². The molecule has 0 unspecified atom stereocenters. The van der Waals surface area contributed by atoms with Crippen molar-refractivity contribution >= 4 is 16.8 Å². The number of ether oxygens (including phenoxy) is 2. The number of carbonyl (C=O) groups excluding carboxylic acids is 1. The Hall–Kier alpha value is -3.67. The van der Waals surface area contributed by atoms with Crippen LogP contribution >= 0.6 is 0 Å². The van der Waals surface area contributed by atoms with Gasteiger partial charge in [0.25, 0.3) is 5.91 Å². The number of furan rings is 1. The lowest BCUT2D eigenvalue weighted by Gasteiger charge is -2.08. The fraction of sp³-hybridized carbons (Fsp3) is 0.208. The van der Waals surface area contributed by atoms with Crippen LogP contribution in [0.2, 0.25) is 0 Å². The van der Waals surface area contributed by atoms with Crippen molar-refractivity contribution in [2.45, 2.75) is 20.0 Å². The van der Waals surface area contributed by atoms with Crippen molar-refractivity contribution in [3.8, 4) is 11.5 Å². The van der Waals surface area contributed by atoms with E-state index in [0.29, 0.717) is 24.3 Å². The first-order valence-electron chi connectivity index (χ1n) is 9.82. The molecule has 0 atom stereocenters. The van der Waals surface area contributed by atoms with E-state index < -0.39 is 0 Å². The molecule has 0 aliphatic heterocycles. The summed E-state index contributed by atoms with van der Waals surface area (Å²) >= 11 is 0. The number of H-pyrrole nitrogens is 1. The molecule has 30 heavy (non-hydrogen) atoms. The van der Waals surface area contributed by atoms with Crippen molar-refractivity contribution in [1.82, 2.24) is 10.3 Å². The predicted octanol–water partition coefficient (Wildman–Crippen LogP) is 4.63. The second-order valence-electron chi connectivity index (χ2n) is 7.09. The molecule has 154 valence electrons. The fourth-order valence-corrected chi connectivity index (χ4v) is 3.34. The SMILES string of the molecule is COc1ccc2c(CCNC(=O)c3ccoc3COc3ccc(C)cc3)c[nH]c2c1. The molecule has 0 spiro atoms. The van der Waals surface area contributed by atoms with Gasteiger partial charge in [-0.15, -0.1) is 0 Å². The van der Waals surface area contributed by atoms with Crippen molar-refractivity contribution in [1.29, 1.82) is 0 Å². The Kier molecular flexibility index (Phi) is 5.75. The van der Waals surface area contributed by atoms with Gasteiger partial charge < -0.3 is 24.2 Å². The van der Waals surface area contributed by atoms with Crippen LogP contribution in [0, 0.1) is 6.92 Å². The van der Waals surface area contributed by atoms with Crippen molar-refractivity contribution in [2.24, 2.45) is 0 Å². The zero-order valence-electron chi connectivity index (χ0n) is 17.0. The number of benzene rings is 2. The van der Waals surface area contributed by atoms with Gasteiger partial charge in [-0.1, -0.05) is 17.7 Å². The lowest BCUT2D eigenvalue weighted by atomic mass is 10.1. The van der Waals surface area contributed by atoms with Crippen LogP contribution in [0.3, 0.4) is 0 Å². The Balaban J connectivity index is 1.34. The maximum absolute atomic E-state index is 12.6. The topological polar surface area (TPSA) is 76.5 Å². The van der Waals surface area contributed by atoms with Crippen molar-refractivity contribution in [3.63, 3.8) is 0 Å². The van der Waals surface area contributed by atoms with Gasteiger partial charge in [-0.2, -0.15) is 0 Å². The van der Waals surface area contributed by atoms with E-state index in [1.165, 1.54) is 6.26 Å². The van der Waals surface area contributed by atoms with Crippen molar-refractivity contribution < 1.29 is 18.7 Å². The van der Waals surface area contributed by atoms with Gasteiger partial charge in [0.15, 0.2) is 5.76 Å². The highest BCUT2D eigenvalue weighted by atomic mass is 16.5. The van der Waals surface area contributed by atoms with Gasteiger partial charge in [0.1, 0.15) is 18.1 Å². The molecule has 2 N–H and O–H groups in total. The summed E-state index contributed by atoms with van der Waals surface area (Å²) in [6.07, 6.45) is 4.19. The molecule has 0 aliphatic carbocycles. The second-order valence-corrected chi connectivity index (χ2v) is 7.09. The number of aromatic nitrogens is 1. The number of hydrogen-bond acceptors (Lipinski definition) is 4. The zero-order valence-corrected chi connectivity index (χ0v) is 17.0. The Morgan fingerprint density at radius 3 is 2.70 bits per heavy atom. The molecule has 0 fully saturated rings. The van der Waals surface area contributed by atoms with E-state index in [2.05, 4.69) is 10.3 Å². The third-order valence-corrected chi connectivity index (χ3v) is 5.04. The minimum Gasteiger partial charge on any atom is -0.497 e. The number of nitrogens with one attached hydrogen (secondary N) is 2. The van der Waals surface area contributed by atoms with E-state index >= 15 is 0 Å². The van der Waals surface area contributed by atoms with E-state index in [1.54, 1.807) is 13.2 Å². The minimum atomic E-state index is -0.173. The number of aryl methyl sites for hydroxylation is 1. The van der Waals surface area contributed by atoms with Crippen LogP contribution in [0.15, 0.2) is 65.4 Å². The molecule has 2 aromatic heterocycles. The summed E-state index contributed by atoms with van der Waals surface area (Å²) in [7, 11) is 1.65. The number of hydrogen-bond donors (Lipinski definition) is 2. The smallest absolute Gasteiger partial charge is 0.254 e. The molecule has 0 radical (unpaired) electrons. The minimum absolute atomic E-state index is 0.173. The van der Waals surface area contributed by atoms with Gasteiger partial charge in [-0.05, 0) is 49.2 Å². The van der Waals surface area contributed by atoms with E-state index in [1.807, 2.05) is 55.6 Å². The summed E-state index contributed by atoms with van der Waals surface area (Å²) in [6, 6.07) is 15.3. The predicted molar refractivity (Wildman–Crippen MR) is 115 cm³/mol. The number of amides is 1. The average molecular weight is 404 g/mol. The molecule has 4 aromatic rings. The number of methoxy groups -OCH3 is 1. The van der Waals surface area contributed by atoms with E-state index in [4.69, 9.17) is 13.9 Å². The Morgan fingerprint density at radius 2 is 1.90 bits per heavy atom. The van der Waals surface area contributed by atoms with Gasteiger partial charge in [0.05, 0.1) is 18.9 Å². The zero-order chi connectivity index (χ0) is 20.9. The molecular formula is C24H24N2O4. The molecule has 4 rings (SSSR count). The Labute approximate surface area is 174 Å². The van der Waals surface area contributed by atoms with Crippen molar-refractivity contribution in [2.75, 3.05) is 13.7 Å². The summed E-state index contributed by atoms with van der Waals surface area (Å²) < 4.78 is 16.5. The summed E-state index contributed by atoms with van der Waals surface area (Å²) in [4.78, 5) is 15.9. The number of fused-ring (bicyclic) bond motifs is 1. The van der Waals surface area contributed by atoms with Crippen LogP contribution < -0.4 is 14.8 Å². The summed E-state index contributed by atoms with van der Waals surface area (Å²) in [5.74, 6) is 1.88. The number of rotatable bonds is 8. The van der Waals surface area contributed by atoms with Crippen molar-refractivity contribution in [3.05, 3.63) is 83.4 Å². The molecule has 6 heteroatoms. The third-order valence-electron chi connectivity index (χ3n) is 5.04. The van der Waals surface area contributed by atoms with E-state index in [0.717, 1.165) is 33.5 Å². The second kappa shape index (κ2) is 8.78. The molecule has 2 aromatic carbocycles. The molecule has 6 nitrogen and oxygen atoms in total. The Bertz CT molecular complexity index is 1140. The van der Waals surface area contributed by atoms with Crippen LogP contribution in [0.1, 0.15) is 27.2 Å². The molecular weight excluding hydrogens is 380 g/mol. The first-order valence-corrected chi connectivity index (χ1v) is 9.82. The largest absolute Gasteiger partial charge is 0.497 e. The molecule has 0 saturated heterocycles. The van der Waals surface area contributed by atoms with Gasteiger partial charge in [0.2, 0.25) is 0 Å². The number of carbonyl (C=O) groups is 1. The normalized spacial score (nSPS) is 10.9. The molecule has 0 bridgehead atoms. The highest BCUT2D eigenvalue weighted by Gasteiger charge is 2.15. The average Bonchev–Trinajstić information content (AvgIpc) is 3.40. The van der Waals surface area contributed by atoms with Crippen LogP contribution in [0.5, 0.6) is 11.5 Å². The maximum Gasteiger partial charge on any atom is 0.254 e. The monoisotopic (exact) mass is 404 g/mol. The summed E-state index contributed by atoms with van der Waals surface area (Å²) in [5.41, 5.74) is 3.81. The Morgan fingerprint density at radius 1 is 1.10 bits per heavy atom. The van der Waals surface area contributed by atoms with E-state index in [9.17, 15) is 4.79 Å². The highest BCUT2D eigenvalue weighted by molar-refractivity contribution is 5.95. The standard InChI is InChI=1S/C24H24N2O4/c1-16-3-5-18(6-4-16)30-15-23-21(10-12-29-23)24(27)25-11-9-17-14-26-22-13-19(28-2)7-8-20(17)22/h3-8,10,12-14,26H,9,11,15H2,1-2H3,(H,25,27). The summed E-state index contributed by atoms with van der Waals surface area (Å²) in [5, 5.41) is 4.09. The first kappa shape index (κ1) is 19.6. The maximum atomic E-state index is 12.6. The van der Waals surface area contributed by atoms with Gasteiger partial charge >= 0.3 is 0 Å². The van der Waals surface area contributed by atoms with E-state index in [-0.39, 0.29) is 12.5 Å². The molecule has 1 amide bonds. The van der Waals surface area contributed by atoms with Crippen LogP contribution in [0.25, 0.3) is 10.9 Å². The first-order chi connectivity index (χ1) is 14.6. The fourth-order valence-electron chi connectivity index (χ4n) is 3.34. The quantitative estimate of drug-likeness (QED) is 0.449. The van der Waals surface area contributed by atoms with Gasteiger partial charge in [-0.25, -0.2) is 0 Å². The lowest BCUT2D eigenvalue weighted by Crippen LogP contribution is -2.26. The number of aromatic amines is 1. The molecule has 2 heterocycles. The summed E-state index contributed by atoms with van der Waals surface area (Å²) in [6.45, 7) is 2.73. The van der Waals surface area contributed by atoms with Crippen LogP contribution in [0.4, 0.5) is 0 Å². The molecule has 0 saturated carbocycles. The molecule has 0 aliphatic rings. The third kappa shape index (κ3) is 4.33. The van der Waals surface area contributed by atoms with Gasteiger partial charge in [0, 0.05) is 29.7 Å². The lowest BCUT2D eigenvalue weighted by molar-refractivity contribution is 0.0949. The van der Waals surface area contributed by atoms with Gasteiger partial charge in [-0.3, -0.25) is 4.79 Å².